The number of hydrogen-bond acceptors (Lipinski definition) is 3. The minimum Gasteiger partial charge on any atom is -0.372 e. The minimum absolute atomic E-state index is 0.0155. The molecule has 1 aromatic carbocycles. The average molecular weight is 374 g/mol. The summed E-state index contributed by atoms with van der Waals surface area (Å²) in [6.07, 6.45) is 4.62. The zero-order chi connectivity index (χ0) is 18.5. The minimum atomic E-state index is -6.06. The third kappa shape index (κ3) is 5.06. The molecule has 138 valence electrons. The Hall–Kier alpha value is -1.38. The lowest BCUT2D eigenvalue weighted by Gasteiger charge is -2.14. The molecule has 9 heteroatoms. The van der Waals surface area contributed by atoms with E-state index in [4.69, 9.17) is 0 Å². The van der Waals surface area contributed by atoms with Crippen LogP contribution < -0.4 is 4.18 Å². The summed E-state index contributed by atoms with van der Waals surface area (Å²) in [5.41, 5.74) is -5.95. The zero-order valence-corrected chi connectivity index (χ0v) is 14.2. The highest BCUT2D eigenvalue weighted by Crippen LogP contribution is 2.33. The van der Waals surface area contributed by atoms with Crippen molar-refractivity contribution < 1.29 is 34.6 Å². The molecule has 0 aliphatic rings. The Morgan fingerprint density at radius 2 is 1.62 bits per heavy atom. The average Bonchev–Trinajstić information content (AvgIpc) is 2.47. The van der Waals surface area contributed by atoms with Gasteiger partial charge in [-0.1, -0.05) is 32.6 Å². The van der Waals surface area contributed by atoms with Crippen molar-refractivity contribution in [2.75, 3.05) is 0 Å². The molecule has 0 saturated carbocycles. The molecule has 0 unspecified atom stereocenters. The number of rotatable bonds is 8. The maximum atomic E-state index is 14.0. The van der Waals surface area contributed by atoms with Gasteiger partial charge in [0.15, 0.2) is 11.6 Å². The van der Waals surface area contributed by atoms with Crippen molar-refractivity contribution in [2.24, 2.45) is 0 Å². The number of benzene rings is 1. The van der Waals surface area contributed by atoms with Crippen LogP contribution in [0, 0.1) is 18.6 Å². The van der Waals surface area contributed by atoms with E-state index < -0.39 is 33.0 Å². The van der Waals surface area contributed by atoms with Crippen LogP contribution in [-0.2, 0) is 16.5 Å². The van der Waals surface area contributed by atoms with Crippen molar-refractivity contribution in [1.82, 2.24) is 0 Å². The molecule has 0 amide bonds. The van der Waals surface area contributed by atoms with E-state index in [0.717, 1.165) is 38.7 Å². The lowest BCUT2D eigenvalue weighted by molar-refractivity contribution is -0.0501. The molecule has 0 atom stereocenters. The van der Waals surface area contributed by atoms with E-state index in [9.17, 15) is 30.4 Å². The van der Waals surface area contributed by atoms with E-state index in [2.05, 4.69) is 4.18 Å². The SMILES string of the molecule is CCCCCCCc1cc(C)c(OS(=O)(=O)C(F)(F)F)c(F)c1F. The Morgan fingerprint density at radius 1 is 1.04 bits per heavy atom. The van der Waals surface area contributed by atoms with Gasteiger partial charge in [0.1, 0.15) is 0 Å². The van der Waals surface area contributed by atoms with E-state index in [-0.39, 0.29) is 17.5 Å². The van der Waals surface area contributed by atoms with E-state index in [1.807, 2.05) is 6.92 Å². The molecule has 0 bridgehead atoms. The molecule has 0 spiro atoms. The Morgan fingerprint density at radius 3 is 2.17 bits per heavy atom. The molecule has 24 heavy (non-hydrogen) atoms. The lowest BCUT2D eigenvalue weighted by Crippen LogP contribution is -2.28. The van der Waals surface area contributed by atoms with E-state index in [1.165, 1.54) is 0 Å². The normalized spacial score (nSPS) is 12.5. The highest BCUT2D eigenvalue weighted by atomic mass is 32.2. The van der Waals surface area contributed by atoms with Gasteiger partial charge in [0, 0.05) is 0 Å². The lowest BCUT2D eigenvalue weighted by atomic mass is 10.0. The van der Waals surface area contributed by atoms with E-state index >= 15 is 0 Å². The van der Waals surface area contributed by atoms with Gasteiger partial charge >= 0.3 is 15.6 Å². The van der Waals surface area contributed by atoms with Gasteiger partial charge in [0.2, 0.25) is 5.82 Å². The predicted molar refractivity (Wildman–Crippen MR) is 79.2 cm³/mol. The van der Waals surface area contributed by atoms with Gasteiger partial charge in [0.25, 0.3) is 0 Å². The maximum Gasteiger partial charge on any atom is 0.534 e. The van der Waals surface area contributed by atoms with Crippen molar-refractivity contribution >= 4 is 10.1 Å². The highest BCUT2D eigenvalue weighted by Gasteiger charge is 2.49. The largest absolute Gasteiger partial charge is 0.534 e. The van der Waals surface area contributed by atoms with Gasteiger partial charge in [-0.2, -0.15) is 26.0 Å². The van der Waals surface area contributed by atoms with Crippen LogP contribution in [0.25, 0.3) is 0 Å². The second-order valence-corrected chi connectivity index (χ2v) is 6.99. The molecule has 0 radical (unpaired) electrons. The zero-order valence-electron chi connectivity index (χ0n) is 13.3. The molecule has 0 aliphatic carbocycles. The molecule has 0 fully saturated rings. The van der Waals surface area contributed by atoms with Gasteiger partial charge < -0.3 is 4.18 Å². The Balaban J connectivity index is 2.98. The van der Waals surface area contributed by atoms with E-state index in [1.54, 1.807) is 0 Å². The van der Waals surface area contributed by atoms with Gasteiger partial charge in [0.05, 0.1) is 0 Å². The molecular weight excluding hydrogens is 355 g/mol. The Bertz CT molecular complexity index is 669. The first kappa shape index (κ1) is 20.7. The van der Waals surface area contributed by atoms with Crippen molar-refractivity contribution in [1.29, 1.82) is 0 Å². The molecule has 0 aliphatic heterocycles. The molecule has 0 aromatic heterocycles. The second kappa shape index (κ2) is 8.13. The molecule has 1 rings (SSSR count). The van der Waals surface area contributed by atoms with Crippen LogP contribution in [0.4, 0.5) is 22.0 Å². The van der Waals surface area contributed by atoms with Crippen LogP contribution in [0.3, 0.4) is 0 Å². The molecule has 0 N–H and O–H groups in total. The molecule has 3 nitrogen and oxygen atoms in total. The first-order chi connectivity index (χ1) is 11.0. The summed E-state index contributed by atoms with van der Waals surface area (Å²) in [7, 11) is -6.06. The van der Waals surface area contributed by atoms with Crippen LogP contribution >= 0.6 is 0 Å². The monoisotopic (exact) mass is 374 g/mol. The summed E-state index contributed by atoms with van der Waals surface area (Å²) in [6, 6.07) is 1.11. The van der Waals surface area contributed by atoms with Gasteiger partial charge in [-0.05, 0) is 37.0 Å². The van der Waals surface area contributed by atoms with Gasteiger partial charge in [-0.15, -0.1) is 0 Å². The summed E-state index contributed by atoms with van der Waals surface area (Å²) in [5.74, 6) is -4.38. The fourth-order valence-corrected chi connectivity index (χ4v) is 2.68. The summed E-state index contributed by atoms with van der Waals surface area (Å²) >= 11 is 0. The third-order valence-corrected chi connectivity index (χ3v) is 4.40. The first-order valence-electron chi connectivity index (χ1n) is 7.49. The number of alkyl halides is 3. The first-order valence-corrected chi connectivity index (χ1v) is 8.90. The molecular formula is C15H19F5O3S. The Labute approximate surface area is 137 Å². The standard InChI is InChI=1S/C15H19F5O3S/c1-3-4-5-6-7-8-11-9-10(2)14(13(17)12(11)16)23-24(21,22)15(18,19)20/h9H,3-8H2,1-2H3. The fourth-order valence-electron chi connectivity index (χ4n) is 2.16. The highest BCUT2D eigenvalue weighted by molar-refractivity contribution is 7.88. The summed E-state index contributed by atoms with van der Waals surface area (Å²) in [6.45, 7) is 3.19. The van der Waals surface area contributed by atoms with Gasteiger partial charge in [-0.3, -0.25) is 0 Å². The maximum absolute atomic E-state index is 14.0. The number of hydrogen-bond donors (Lipinski definition) is 0. The van der Waals surface area contributed by atoms with Crippen molar-refractivity contribution in [2.45, 2.75) is 57.9 Å². The van der Waals surface area contributed by atoms with Crippen LogP contribution in [0.2, 0.25) is 0 Å². The van der Waals surface area contributed by atoms with E-state index in [0.29, 0.717) is 6.42 Å². The van der Waals surface area contributed by atoms with Crippen molar-refractivity contribution in [3.05, 3.63) is 28.8 Å². The predicted octanol–water partition coefficient (Wildman–Crippen LogP) is 5.01. The van der Waals surface area contributed by atoms with Gasteiger partial charge in [-0.25, -0.2) is 4.39 Å². The molecule has 1 aromatic rings. The second-order valence-electron chi connectivity index (χ2n) is 5.46. The van der Waals surface area contributed by atoms with Crippen molar-refractivity contribution in [3.63, 3.8) is 0 Å². The quantitative estimate of drug-likeness (QED) is 0.278. The van der Waals surface area contributed by atoms with Crippen LogP contribution in [-0.4, -0.2) is 13.9 Å². The number of halogens is 5. The number of aryl methyl sites for hydroxylation is 2. The fraction of sp³-hybridized carbons (Fsp3) is 0.600. The number of unbranched alkanes of at least 4 members (excludes halogenated alkanes) is 4. The topological polar surface area (TPSA) is 43.4 Å². The Kier molecular flexibility index (Phi) is 7.00. The van der Waals surface area contributed by atoms with Crippen LogP contribution in [0.15, 0.2) is 6.07 Å². The summed E-state index contributed by atoms with van der Waals surface area (Å²) < 4.78 is 90.5. The summed E-state index contributed by atoms with van der Waals surface area (Å²) in [5, 5.41) is 0. The van der Waals surface area contributed by atoms with Crippen LogP contribution in [0.1, 0.15) is 50.2 Å². The molecule has 0 saturated heterocycles. The smallest absolute Gasteiger partial charge is 0.372 e. The summed E-state index contributed by atoms with van der Waals surface area (Å²) in [4.78, 5) is 0. The third-order valence-electron chi connectivity index (χ3n) is 3.45. The van der Waals surface area contributed by atoms with Crippen LogP contribution in [0.5, 0.6) is 5.75 Å². The molecule has 0 heterocycles. The van der Waals surface area contributed by atoms with Crippen molar-refractivity contribution in [3.8, 4) is 5.75 Å².